The van der Waals surface area contributed by atoms with Crippen LogP contribution in [0.4, 0.5) is 0 Å². The van der Waals surface area contributed by atoms with Gasteiger partial charge in [0, 0.05) is 12.6 Å². The van der Waals surface area contributed by atoms with Gasteiger partial charge in [-0.25, -0.2) is 0 Å². The van der Waals surface area contributed by atoms with E-state index in [1.165, 1.54) is 7.11 Å². The maximum atomic E-state index is 10.9. The molecule has 166 valence electrons. The van der Waals surface area contributed by atoms with Gasteiger partial charge in [-0.2, -0.15) is 0 Å². The van der Waals surface area contributed by atoms with E-state index in [1.807, 2.05) is 31.2 Å². The van der Waals surface area contributed by atoms with Crippen molar-refractivity contribution >= 4 is 5.97 Å². The van der Waals surface area contributed by atoms with Crippen molar-refractivity contribution in [2.75, 3.05) is 53.4 Å². The lowest BCUT2D eigenvalue weighted by Gasteiger charge is -2.09. The van der Waals surface area contributed by atoms with Gasteiger partial charge in [0.2, 0.25) is 0 Å². The second-order valence-electron chi connectivity index (χ2n) is 6.78. The van der Waals surface area contributed by atoms with Crippen LogP contribution in [0.2, 0.25) is 0 Å². The van der Waals surface area contributed by atoms with Crippen molar-refractivity contribution < 1.29 is 28.5 Å². The highest BCUT2D eigenvalue weighted by Gasteiger charge is 2.00. The quantitative estimate of drug-likeness (QED) is 0.293. The molecular formula is C22H37NO6. The van der Waals surface area contributed by atoms with Crippen LogP contribution in [0.5, 0.6) is 5.75 Å². The van der Waals surface area contributed by atoms with Crippen molar-refractivity contribution in [2.45, 2.75) is 45.1 Å². The number of rotatable bonds is 18. The van der Waals surface area contributed by atoms with E-state index >= 15 is 0 Å². The molecular weight excluding hydrogens is 374 g/mol. The lowest BCUT2D eigenvalue weighted by molar-refractivity contribution is -0.141. The zero-order valence-electron chi connectivity index (χ0n) is 17.9. The van der Waals surface area contributed by atoms with E-state index in [9.17, 15) is 4.79 Å². The number of carbonyl (C=O) groups excluding carboxylic acids is 1. The lowest BCUT2D eigenvalue weighted by atomic mass is 10.1. The molecule has 1 rings (SSSR count). The number of hydrogen-bond acceptors (Lipinski definition) is 7. The van der Waals surface area contributed by atoms with E-state index in [4.69, 9.17) is 24.7 Å². The smallest absolute Gasteiger partial charge is 0.307 e. The van der Waals surface area contributed by atoms with Gasteiger partial charge < -0.3 is 29.4 Å². The maximum Gasteiger partial charge on any atom is 0.307 e. The number of esters is 1. The minimum Gasteiger partial charge on any atom is -0.494 e. The molecule has 1 aromatic carbocycles. The molecule has 0 radical (unpaired) electrons. The highest BCUT2D eigenvalue weighted by Crippen LogP contribution is 2.16. The fourth-order valence-corrected chi connectivity index (χ4v) is 2.52. The van der Waals surface area contributed by atoms with Gasteiger partial charge in [0.15, 0.2) is 0 Å². The SMILES string of the molecule is COC(=O)CCOCCOCCOCCCCCCOc1ccc([C@@H](C)N)cc1. The highest BCUT2D eigenvalue weighted by atomic mass is 16.5. The summed E-state index contributed by atoms with van der Waals surface area (Å²) in [5.41, 5.74) is 6.95. The normalized spacial score (nSPS) is 12.0. The van der Waals surface area contributed by atoms with Crippen molar-refractivity contribution in [3.05, 3.63) is 29.8 Å². The van der Waals surface area contributed by atoms with E-state index in [1.54, 1.807) is 0 Å². The lowest BCUT2D eigenvalue weighted by Crippen LogP contribution is -2.12. The molecule has 7 nitrogen and oxygen atoms in total. The Morgan fingerprint density at radius 1 is 0.828 bits per heavy atom. The van der Waals surface area contributed by atoms with Gasteiger partial charge in [0.25, 0.3) is 0 Å². The molecule has 0 aliphatic carbocycles. The van der Waals surface area contributed by atoms with Gasteiger partial charge in [0.1, 0.15) is 5.75 Å². The molecule has 1 atom stereocenters. The molecule has 1 aromatic rings. The van der Waals surface area contributed by atoms with Crippen LogP contribution in [-0.4, -0.2) is 59.3 Å². The predicted octanol–water partition coefficient (Wildman–Crippen LogP) is 3.26. The number of methoxy groups -OCH3 is 1. The zero-order chi connectivity index (χ0) is 21.2. The van der Waals surface area contributed by atoms with Crippen LogP contribution in [0.1, 0.15) is 50.6 Å². The van der Waals surface area contributed by atoms with Crippen molar-refractivity contribution in [3.8, 4) is 5.75 Å². The van der Waals surface area contributed by atoms with Crippen LogP contribution in [0.15, 0.2) is 24.3 Å². The van der Waals surface area contributed by atoms with Gasteiger partial charge in [-0.05, 0) is 43.9 Å². The second-order valence-corrected chi connectivity index (χ2v) is 6.78. The monoisotopic (exact) mass is 411 g/mol. The predicted molar refractivity (Wildman–Crippen MR) is 112 cm³/mol. The highest BCUT2D eigenvalue weighted by molar-refractivity contribution is 5.69. The molecule has 2 N–H and O–H groups in total. The third-order valence-corrected chi connectivity index (χ3v) is 4.28. The van der Waals surface area contributed by atoms with Crippen molar-refractivity contribution in [1.29, 1.82) is 0 Å². The number of nitrogens with two attached hydrogens (primary N) is 1. The number of carbonyl (C=O) groups is 1. The topological polar surface area (TPSA) is 89.2 Å². The molecule has 0 aliphatic rings. The van der Waals surface area contributed by atoms with E-state index < -0.39 is 0 Å². The first-order valence-corrected chi connectivity index (χ1v) is 10.4. The number of ether oxygens (including phenoxy) is 5. The van der Waals surface area contributed by atoms with Crippen molar-refractivity contribution in [1.82, 2.24) is 0 Å². The van der Waals surface area contributed by atoms with Crippen molar-refractivity contribution in [3.63, 3.8) is 0 Å². The van der Waals surface area contributed by atoms with E-state index in [-0.39, 0.29) is 18.4 Å². The summed E-state index contributed by atoms with van der Waals surface area (Å²) in [6, 6.07) is 8.03. The maximum absolute atomic E-state index is 10.9. The van der Waals surface area contributed by atoms with Crippen LogP contribution < -0.4 is 10.5 Å². The van der Waals surface area contributed by atoms with Crippen LogP contribution >= 0.6 is 0 Å². The molecule has 0 amide bonds. The number of unbranched alkanes of at least 4 members (excludes halogenated alkanes) is 3. The van der Waals surface area contributed by atoms with E-state index in [2.05, 4.69) is 4.74 Å². The number of benzene rings is 1. The summed E-state index contributed by atoms with van der Waals surface area (Å²) in [5.74, 6) is 0.630. The molecule has 0 bridgehead atoms. The second kappa shape index (κ2) is 17.2. The van der Waals surface area contributed by atoms with Gasteiger partial charge in [-0.3, -0.25) is 4.79 Å². The van der Waals surface area contributed by atoms with E-state index in [0.29, 0.717) is 33.0 Å². The summed E-state index contributed by atoms with van der Waals surface area (Å²) in [6.07, 6.45) is 4.60. The Balaban J connectivity index is 1.79. The average molecular weight is 412 g/mol. The molecule has 7 heteroatoms. The molecule has 29 heavy (non-hydrogen) atoms. The molecule has 0 aliphatic heterocycles. The summed E-state index contributed by atoms with van der Waals surface area (Å²) in [4.78, 5) is 10.9. The molecule has 0 aromatic heterocycles. The minimum absolute atomic E-state index is 0.0520. The van der Waals surface area contributed by atoms with Gasteiger partial charge in [0.05, 0.1) is 53.2 Å². The fourth-order valence-electron chi connectivity index (χ4n) is 2.52. The first-order valence-electron chi connectivity index (χ1n) is 10.4. The van der Waals surface area contributed by atoms with Crippen LogP contribution in [-0.2, 0) is 23.7 Å². The molecule has 0 spiro atoms. The van der Waals surface area contributed by atoms with Crippen LogP contribution in [0, 0.1) is 0 Å². The Hall–Kier alpha value is -1.67. The van der Waals surface area contributed by atoms with Crippen molar-refractivity contribution in [2.24, 2.45) is 5.73 Å². The molecule has 0 saturated heterocycles. The Bertz CT molecular complexity index is 521. The fraction of sp³-hybridized carbons (Fsp3) is 0.682. The van der Waals surface area contributed by atoms with Gasteiger partial charge in [-0.1, -0.05) is 18.6 Å². The first-order chi connectivity index (χ1) is 14.1. The van der Waals surface area contributed by atoms with E-state index in [0.717, 1.165) is 50.2 Å². The molecule has 0 unspecified atom stereocenters. The summed E-state index contributed by atoms with van der Waals surface area (Å²) in [6.45, 7) is 5.91. The largest absolute Gasteiger partial charge is 0.494 e. The molecule has 0 heterocycles. The Morgan fingerprint density at radius 3 is 1.97 bits per heavy atom. The Labute approximate surface area is 174 Å². The summed E-state index contributed by atoms with van der Waals surface area (Å²) in [7, 11) is 1.37. The molecule has 0 saturated carbocycles. The standard InChI is InChI=1S/C22H37NO6/c1-19(23)20-7-9-21(10-8-20)29-13-6-4-3-5-12-26-15-17-28-18-16-27-14-11-22(24)25-2/h7-10,19H,3-6,11-18,23H2,1-2H3/t19-/m1/s1. The minimum atomic E-state index is -0.265. The first kappa shape index (κ1) is 25.4. The zero-order valence-corrected chi connectivity index (χ0v) is 17.9. The van der Waals surface area contributed by atoms with Gasteiger partial charge >= 0.3 is 5.97 Å². The van der Waals surface area contributed by atoms with Crippen LogP contribution in [0.3, 0.4) is 0 Å². The number of hydrogen-bond donors (Lipinski definition) is 1. The summed E-state index contributed by atoms with van der Waals surface area (Å²) >= 11 is 0. The van der Waals surface area contributed by atoms with Crippen LogP contribution in [0.25, 0.3) is 0 Å². The summed E-state index contributed by atoms with van der Waals surface area (Å²) < 4.78 is 26.5. The van der Waals surface area contributed by atoms with Gasteiger partial charge in [-0.15, -0.1) is 0 Å². The third kappa shape index (κ3) is 14.0. The summed E-state index contributed by atoms with van der Waals surface area (Å²) in [5, 5.41) is 0. The Kier molecular flexibility index (Phi) is 15.1. The molecule has 0 fully saturated rings. The Morgan fingerprint density at radius 2 is 1.38 bits per heavy atom. The third-order valence-electron chi connectivity index (χ3n) is 4.28. The average Bonchev–Trinajstić information content (AvgIpc) is 2.73.